The van der Waals surface area contributed by atoms with E-state index in [1.165, 1.54) is 25.7 Å². The van der Waals surface area contributed by atoms with Crippen LogP contribution in [-0.2, 0) is 0 Å². The first-order chi connectivity index (χ1) is 10.3. The summed E-state index contributed by atoms with van der Waals surface area (Å²) in [6.45, 7) is 0. The van der Waals surface area contributed by atoms with Crippen LogP contribution in [0.25, 0.3) is 16.6 Å². The Hall–Kier alpha value is -2.61. The van der Waals surface area contributed by atoms with Crippen molar-refractivity contribution in [1.29, 1.82) is 5.26 Å². The summed E-state index contributed by atoms with van der Waals surface area (Å²) in [7, 11) is 0. The lowest BCUT2D eigenvalue weighted by atomic mass is 10.1. The molecule has 0 amide bonds. The zero-order chi connectivity index (χ0) is 14.2. The van der Waals surface area contributed by atoms with Gasteiger partial charge < -0.3 is 0 Å². The van der Waals surface area contributed by atoms with E-state index in [-0.39, 0.29) is 0 Å². The molecule has 104 valence electrons. The molecule has 3 aromatic rings. The molecule has 0 aromatic carbocycles. The number of hydrogen-bond acceptors (Lipinski definition) is 3. The van der Waals surface area contributed by atoms with E-state index in [1.54, 1.807) is 10.7 Å². The van der Waals surface area contributed by atoms with Crippen molar-refractivity contribution in [2.24, 2.45) is 0 Å². The summed E-state index contributed by atoms with van der Waals surface area (Å²) < 4.78 is 3.84. The largest absolute Gasteiger partial charge is 0.269 e. The van der Waals surface area contributed by atoms with Gasteiger partial charge in [0.15, 0.2) is 0 Å². The summed E-state index contributed by atoms with van der Waals surface area (Å²) in [5.41, 5.74) is 3.60. The van der Waals surface area contributed by atoms with Gasteiger partial charge in [-0.05, 0) is 18.9 Å². The topological polar surface area (TPSA) is 58.9 Å². The van der Waals surface area contributed by atoms with Crippen LogP contribution in [0.4, 0.5) is 0 Å². The predicted molar refractivity (Wildman–Crippen MR) is 78.6 cm³/mol. The first kappa shape index (κ1) is 12.2. The molecule has 3 aromatic heterocycles. The van der Waals surface area contributed by atoms with Crippen molar-refractivity contribution < 1.29 is 0 Å². The minimum absolute atomic E-state index is 0.553. The number of aromatic nitrogens is 4. The Morgan fingerprint density at radius 1 is 1.05 bits per heavy atom. The Bertz CT molecular complexity index is 830. The van der Waals surface area contributed by atoms with Crippen molar-refractivity contribution in [3.8, 4) is 17.2 Å². The molecular formula is C16H15N5. The molecule has 5 heteroatoms. The zero-order valence-electron chi connectivity index (χ0n) is 11.6. The van der Waals surface area contributed by atoms with Gasteiger partial charge in [0.05, 0.1) is 29.5 Å². The summed E-state index contributed by atoms with van der Waals surface area (Å²) in [6, 6.07) is 6.66. The normalized spacial score (nSPS) is 15.6. The highest BCUT2D eigenvalue weighted by Crippen LogP contribution is 2.30. The molecule has 5 nitrogen and oxygen atoms in total. The third-order valence-corrected chi connectivity index (χ3v) is 4.27. The maximum absolute atomic E-state index is 9.02. The number of nitriles is 1. The molecule has 0 bridgehead atoms. The summed E-state index contributed by atoms with van der Waals surface area (Å²) in [6.07, 6.45) is 12.6. The summed E-state index contributed by atoms with van der Waals surface area (Å²) in [4.78, 5) is 0. The van der Waals surface area contributed by atoms with Crippen LogP contribution in [0.3, 0.4) is 0 Å². The standard InChI is InChI=1S/C16H15N5/c17-7-13-8-19-21-10-12(5-6-16(13)21)14-9-18-20(11-14)15-3-1-2-4-15/h5-6,8-11,15H,1-4H2. The lowest BCUT2D eigenvalue weighted by Crippen LogP contribution is -2.04. The van der Waals surface area contributed by atoms with Gasteiger partial charge in [0, 0.05) is 23.5 Å². The van der Waals surface area contributed by atoms with Crippen LogP contribution < -0.4 is 0 Å². The molecule has 1 saturated carbocycles. The summed E-state index contributed by atoms with van der Waals surface area (Å²) >= 11 is 0. The fourth-order valence-corrected chi connectivity index (χ4v) is 3.10. The van der Waals surface area contributed by atoms with Crippen LogP contribution in [0.1, 0.15) is 37.3 Å². The third kappa shape index (κ3) is 2.00. The average molecular weight is 277 g/mol. The third-order valence-electron chi connectivity index (χ3n) is 4.27. The molecule has 1 aliphatic carbocycles. The second kappa shape index (κ2) is 4.74. The van der Waals surface area contributed by atoms with E-state index in [0.717, 1.165) is 16.6 Å². The predicted octanol–water partition coefficient (Wildman–Crippen LogP) is 3.18. The fraction of sp³-hybridized carbons (Fsp3) is 0.312. The highest BCUT2D eigenvalue weighted by Gasteiger charge is 2.18. The van der Waals surface area contributed by atoms with E-state index >= 15 is 0 Å². The monoisotopic (exact) mass is 277 g/mol. The number of fused-ring (bicyclic) bond motifs is 1. The summed E-state index contributed by atoms with van der Waals surface area (Å²) in [5.74, 6) is 0. The lowest BCUT2D eigenvalue weighted by Gasteiger charge is -2.08. The molecule has 3 heterocycles. The number of pyridine rings is 1. The van der Waals surface area contributed by atoms with Crippen molar-refractivity contribution in [2.45, 2.75) is 31.7 Å². The molecule has 1 fully saturated rings. The van der Waals surface area contributed by atoms with Gasteiger partial charge in [0.25, 0.3) is 0 Å². The Balaban J connectivity index is 1.71. The van der Waals surface area contributed by atoms with E-state index in [0.29, 0.717) is 11.6 Å². The zero-order valence-corrected chi connectivity index (χ0v) is 11.6. The molecule has 0 N–H and O–H groups in total. The molecule has 0 radical (unpaired) electrons. The molecule has 0 spiro atoms. The van der Waals surface area contributed by atoms with E-state index < -0.39 is 0 Å². The highest BCUT2D eigenvalue weighted by atomic mass is 15.3. The van der Waals surface area contributed by atoms with Gasteiger partial charge in [-0.15, -0.1) is 0 Å². The van der Waals surface area contributed by atoms with E-state index in [2.05, 4.69) is 27.1 Å². The second-order valence-corrected chi connectivity index (χ2v) is 5.56. The van der Waals surface area contributed by atoms with Crippen molar-refractivity contribution in [2.75, 3.05) is 0 Å². The highest BCUT2D eigenvalue weighted by molar-refractivity contribution is 5.67. The lowest BCUT2D eigenvalue weighted by molar-refractivity contribution is 0.467. The van der Waals surface area contributed by atoms with Gasteiger partial charge >= 0.3 is 0 Å². The summed E-state index contributed by atoms with van der Waals surface area (Å²) in [5, 5.41) is 17.8. The van der Waals surface area contributed by atoms with Crippen LogP contribution >= 0.6 is 0 Å². The molecular weight excluding hydrogens is 262 g/mol. The quantitative estimate of drug-likeness (QED) is 0.722. The van der Waals surface area contributed by atoms with Crippen molar-refractivity contribution >= 4 is 5.52 Å². The number of nitrogens with zero attached hydrogens (tertiary/aromatic N) is 5. The van der Waals surface area contributed by atoms with Gasteiger partial charge in [-0.2, -0.15) is 15.5 Å². The van der Waals surface area contributed by atoms with E-state index in [4.69, 9.17) is 5.26 Å². The van der Waals surface area contributed by atoms with Crippen LogP contribution in [0, 0.1) is 11.3 Å². The number of hydrogen-bond donors (Lipinski definition) is 0. The molecule has 21 heavy (non-hydrogen) atoms. The van der Waals surface area contributed by atoms with E-state index in [1.807, 2.05) is 24.5 Å². The minimum Gasteiger partial charge on any atom is -0.269 e. The van der Waals surface area contributed by atoms with Crippen molar-refractivity contribution in [3.05, 3.63) is 42.5 Å². The molecule has 0 saturated heterocycles. The number of rotatable bonds is 2. The minimum atomic E-state index is 0.553. The maximum Gasteiger partial charge on any atom is 0.103 e. The maximum atomic E-state index is 9.02. The Labute approximate surface area is 122 Å². The van der Waals surface area contributed by atoms with E-state index in [9.17, 15) is 0 Å². The Kier molecular flexibility index (Phi) is 2.74. The van der Waals surface area contributed by atoms with Crippen molar-refractivity contribution in [1.82, 2.24) is 19.4 Å². The second-order valence-electron chi connectivity index (χ2n) is 5.56. The van der Waals surface area contributed by atoms with Crippen LogP contribution in [-0.4, -0.2) is 19.4 Å². The smallest absolute Gasteiger partial charge is 0.103 e. The van der Waals surface area contributed by atoms with Crippen LogP contribution in [0.2, 0.25) is 0 Å². The Morgan fingerprint density at radius 2 is 1.90 bits per heavy atom. The van der Waals surface area contributed by atoms with Gasteiger partial charge in [0.2, 0.25) is 0 Å². The SMILES string of the molecule is N#Cc1cnn2cc(-c3cnn(C4CCCC4)c3)ccc12. The first-order valence-corrected chi connectivity index (χ1v) is 7.27. The fourth-order valence-electron chi connectivity index (χ4n) is 3.10. The molecule has 4 rings (SSSR count). The van der Waals surface area contributed by atoms with Gasteiger partial charge in [0.1, 0.15) is 6.07 Å². The molecule has 0 aliphatic heterocycles. The molecule has 0 atom stereocenters. The van der Waals surface area contributed by atoms with Gasteiger partial charge in [-0.25, -0.2) is 4.52 Å². The average Bonchev–Trinajstić information content (AvgIpc) is 3.25. The molecule has 0 unspecified atom stereocenters. The molecule has 1 aliphatic rings. The first-order valence-electron chi connectivity index (χ1n) is 7.27. The van der Waals surface area contributed by atoms with Gasteiger partial charge in [-0.1, -0.05) is 18.9 Å². The van der Waals surface area contributed by atoms with Crippen molar-refractivity contribution in [3.63, 3.8) is 0 Å². The van der Waals surface area contributed by atoms with Crippen LogP contribution in [0.5, 0.6) is 0 Å². The Morgan fingerprint density at radius 3 is 2.71 bits per heavy atom. The van der Waals surface area contributed by atoms with Gasteiger partial charge in [-0.3, -0.25) is 4.68 Å². The van der Waals surface area contributed by atoms with Crippen LogP contribution in [0.15, 0.2) is 36.9 Å².